The van der Waals surface area contributed by atoms with E-state index < -0.39 is 16.7 Å². The Balaban J connectivity index is 1.83. The van der Waals surface area contributed by atoms with Crippen LogP contribution in [-0.4, -0.2) is 34.2 Å². The number of hydrogen-bond acceptors (Lipinski definition) is 7. The average Bonchev–Trinajstić information content (AvgIpc) is 3.40. The quantitative estimate of drug-likeness (QED) is 0.260. The van der Waals surface area contributed by atoms with Gasteiger partial charge in [0.2, 0.25) is 0 Å². The maximum atomic E-state index is 13.4. The third-order valence-electron chi connectivity index (χ3n) is 5.77. The van der Waals surface area contributed by atoms with Gasteiger partial charge in [-0.15, -0.1) is 0 Å². The fourth-order valence-electron chi connectivity index (χ4n) is 4.06. The highest BCUT2D eigenvalue weighted by Gasteiger charge is 2.37. The van der Waals surface area contributed by atoms with Gasteiger partial charge in [0.15, 0.2) is 5.76 Å². The molecular weight excluding hydrogens is 426 g/mol. The molecule has 33 heavy (non-hydrogen) atoms. The summed E-state index contributed by atoms with van der Waals surface area (Å²) in [4.78, 5) is 25.2. The van der Waals surface area contributed by atoms with Crippen LogP contribution in [-0.2, 0) is 0 Å². The minimum absolute atomic E-state index is 0.0315. The minimum atomic E-state index is -0.532. The molecule has 1 atom stereocenters. The van der Waals surface area contributed by atoms with Crippen LogP contribution in [0.1, 0.15) is 33.2 Å². The van der Waals surface area contributed by atoms with Crippen molar-refractivity contribution in [3.05, 3.63) is 81.1 Å². The summed E-state index contributed by atoms with van der Waals surface area (Å²) >= 11 is 0. The maximum absolute atomic E-state index is 13.4. The summed E-state index contributed by atoms with van der Waals surface area (Å²) in [7, 11) is 0. The number of amides is 1. The SMILES string of the molecule is C=C/C(C#N)=C\c1c(C)c(O)cc2c1C(CO)CN2C(=O)c1cc2cc([N+](=O)[O-])ccc2o1. The molecule has 2 aromatic carbocycles. The molecular formula is C24H19N3O6. The molecule has 4 rings (SSSR count). The summed E-state index contributed by atoms with van der Waals surface area (Å²) in [5.41, 5.74) is 2.53. The number of nitrogens with zero attached hydrogens (tertiary/aromatic N) is 3. The Bertz CT molecular complexity index is 1400. The lowest BCUT2D eigenvalue weighted by Crippen LogP contribution is -2.30. The lowest BCUT2D eigenvalue weighted by atomic mass is 9.91. The van der Waals surface area contributed by atoms with Gasteiger partial charge >= 0.3 is 0 Å². The van der Waals surface area contributed by atoms with Crippen molar-refractivity contribution >= 4 is 34.3 Å². The van der Waals surface area contributed by atoms with E-state index in [1.807, 2.05) is 6.07 Å². The van der Waals surface area contributed by atoms with Gasteiger partial charge in [-0.1, -0.05) is 12.7 Å². The van der Waals surface area contributed by atoms with Crippen molar-refractivity contribution in [2.24, 2.45) is 0 Å². The van der Waals surface area contributed by atoms with Crippen molar-refractivity contribution in [1.29, 1.82) is 5.26 Å². The van der Waals surface area contributed by atoms with Gasteiger partial charge in [-0.25, -0.2) is 0 Å². The summed E-state index contributed by atoms with van der Waals surface area (Å²) in [5.74, 6) is -1.08. The first-order valence-electron chi connectivity index (χ1n) is 10.0. The molecule has 0 spiro atoms. The monoisotopic (exact) mass is 445 g/mol. The number of nitro benzene ring substituents is 1. The van der Waals surface area contributed by atoms with Gasteiger partial charge in [-0.2, -0.15) is 5.26 Å². The molecule has 166 valence electrons. The highest BCUT2D eigenvalue weighted by Crippen LogP contribution is 2.44. The lowest BCUT2D eigenvalue weighted by molar-refractivity contribution is -0.384. The number of nitriles is 1. The number of fused-ring (bicyclic) bond motifs is 2. The number of allylic oxidation sites excluding steroid dienone is 2. The summed E-state index contributed by atoms with van der Waals surface area (Å²) < 4.78 is 5.64. The van der Waals surface area contributed by atoms with Crippen LogP contribution in [0, 0.1) is 28.4 Å². The van der Waals surface area contributed by atoms with E-state index in [1.165, 1.54) is 41.3 Å². The zero-order valence-electron chi connectivity index (χ0n) is 17.6. The van der Waals surface area contributed by atoms with Crippen LogP contribution < -0.4 is 4.90 Å². The van der Waals surface area contributed by atoms with Crippen LogP contribution >= 0.6 is 0 Å². The topological polar surface area (TPSA) is 141 Å². The summed E-state index contributed by atoms with van der Waals surface area (Å²) in [5, 5.41) is 41.3. The van der Waals surface area contributed by atoms with Gasteiger partial charge < -0.3 is 19.5 Å². The number of aliphatic hydroxyl groups is 1. The Kier molecular flexibility index (Phi) is 5.45. The predicted molar refractivity (Wildman–Crippen MR) is 121 cm³/mol. The van der Waals surface area contributed by atoms with Crippen LogP contribution in [0.25, 0.3) is 17.0 Å². The van der Waals surface area contributed by atoms with Crippen LogP contribution in [0.4, 0.5) is 11.4 Å². The standard InChI is InChI=1S/C24H19N3O6/c1-3-14(10-25)6-18-13(2)20(29)9-19-23(18)16(12-28)11-26(19)24(30)22-8-15-7-17(27(31)32)4-5-21(15)33-22/h3-9,16,28-29H,1,11-12H2,2H3/b14-6+. The van der Waals surface area contributed by atoms with Crippen LogP contribution in [0.3, 0.4) is 0 Å². The number of phenolic OH excluding ortho intramolecular Hbond substituents is 1. The molecule has 0 bridgehead atoms. The van der Waals surface area contributed by atoms with Crippen molar-refractivity contribution in [1.82, 2.24) is 0 Å². The fourth-order valence-corrected chi connectivity index (χ4v) is 4.06. The van der Waals surface area contributed by atoms with Crippen LogP contribution in [0.15, 0.2) is 53.0 Å². The molecule has 2 heterocycles. The minimum Gasteiger partial charge on any atom is -0.508 e. The Morgan fingerprint density at radius 2 is 2.18 bits per heavy atom. The van der Waals surface area contributed by atoms with Crippen molar-refractivity contribution in [3.63, 3.8) is 0 Å². The maximum Gasteiger partial charge on any atom is 0.294 e. The second-order valence-electron chi connectivity index (χ2n) is 7.67. The average molecular weight is 445 g/mol. The molecule has 1 aromatic heterocycles. The summed E-state index contributed by atoms with van der Waals surface area (Å²) in [6.07, 6.45) is 2.95. The second kappa shape index (κ2) is 8.26. The summed E-state index contributed by atoms with van der Waals surface area (Å²) in [6.45, 7) is 5.16. The van der Waals surface area contributed by atoms with Gasteiger partial charge in [0.1, 0.15) is 11.3 Å². The number of non-ortho nitro benzene ring substituents is 1. The third kappa shape index (κ3) is 3.62. The molecule has 0 saturated heterocycles. The molecule has 0 radical (unpaired) electrons. The Hall–Kier alpha value is -4.42. The molecule has 9 heteroatoms. The summed E-state index contributed by atoms with van der Waals surface area (Å²) in [6, 6.07) is 8.93. The predicted octanol–water partition coefficient (Wildman–Crippen LogP) is 4.18. The second-order valence-corrected chi connectivity index (χ2v) is 7.67. The number of nitro groups is 1. The molecule has 3 aromatic rings. The highest BCUT2D eigenvalue weighted by molar-refractivity contribution is 6.08. The van der Waals surface area contributed by atoms with Crippen LogP contribution in [0.2, 0.25) is 0 Å². The largest absolute Gasteiger partial charge is 0.508 e. The zero-order chi connectivity index (χ0) is 23.9. The number of benzene rings is 2. The van der Waals surface area contributed by atoms with Crippen molar-refractivity contribution in [2.75, 3.05) is 18.1 Å². The van der Waals surface area contributed by atoms with E-state index >= 15 is 0 Å². The van der Waals surface area contributed by atoms with Crippen molar-refractivity contribution in [3.8, 4) is 11.8 Å². The van der Waals surface area contributed by atoms with E-state index in [4.69, 9.17) is 4.42 Å². The zero-order valence-corrected chi connectivity index (χ0v) is 17.6. The number of anilines is 1. The van der Waals surface area contributed by atoms with Crippen molar-refractivity contribution < 1.29 is 24.3 Å². The molecule has 9 nitrogen and oxygen atoms in total. The molecule has 0 fully saturated rings. The lowest BCUT2D eigenvalue weighted by Gasteiger charge is -2.18. The Morgan fingerprint density at radius 1 is 1.42 bits per heavy atom. The first kappa shape index (κ1) is 21.8. The molecule has 0 saturated carbocycles. The molecule has 1 unspecified atom stereocenters. The fraction of sp³-hybridized carbons (Fsp3) is 0.167. The smallest absolute Gasteiger partial charge is 0.294 e. The first-order valence-corrected chi connectivity index (χ1v) is 10.0. The molecule has 1 aliphatic heterocycles. The number of rotatable bonds is 5. The molecule has 0 aliphatic carbocycles. The normalized spacial score (nSPS) is 15.4. The van der Waals surface area contributed by atoms with Gasteiger partial charge in [0, 0.05) is 36.0 Å². The number of aromatic hydroxyl groups is 1. The van der Waals surface area contributed by atoms with E-state index in [2.05, 4.69) is 6.58 Å². The van der Waals surface area contributed by atoms with E-state index in [0.717, 1.165) is 0 Å². The number of furan rings is 1. The molecule has 1 amide bonds. The Labute approximate surface area is 188 Å². The highest BCUT2D eigenvalue weighted by atomic mass is 16.6. The number of hydrogen-bond donors (Lipinski definition) is 2. The van der Waals surface area contributed by atoms with E-state index in [1.54, 1.807) is 13.0 Å². The van der Waals surface area contributed by atoms with Gasteiger partial charge in [0.05, 0.1) is 28.9 Å². The number of aliphatic hydroxyl groups excluding tert-OH is 1. The van der Waals surface area contributed by atoms with E-state index in [9.17, 15) is 30.4 Å². The van der Waals surface area contributed by atoms with E-state index in [-0.39, 0.29) is 35.9 Å². The molecule has 1 aliphatic rings. The number of carbonyl (C=O) groups is 1. The van der Waals surface area contributed by atoms with Gasteiger partial charge in [-0.3, -0.25) is 14.9 Å². The van der Waals surface area contributed by atoms with Gasteiger partial charge in [-0.05, 0) is 41.8 Å². The Morgan fingerprint density at radius 3 is 2.82 bits per heavy atom. The number of phenols is 1. The van der Waals surface area contributed by atoms with Crippen LogP contribution in [0.5, 0.6) is 5.75 Å². The third-order valence-corrected chi connectivity index (χ3v) is 5.77. The molecule has 2 N–H and O–H groups in total. The van der Waals surface area contributed by atoms with Crippen molar-refractivity contribution in [2.45, 2.75) is 12.8 Å². The first-order chi connectivity index (χ1) is 15.8. The van der Waals surface area contributed by atoms with Gasteiger partial charge in [0.25, 0.3) is 11.6 Å². The van der Waals surface area contributed by atoms with E-state index in [0.29, 0.717) is 33.3 Å². The number of carbonyl (C=O) groups excluding carboxylic acids is 1.